The molecular formula is C18H26N4O3. The number of benzene rings is 1. The zero-order valence-corrected chi connectivity index (χ0v) is 14.7. The van der Waals surface area contributed by atoms with Gasteiger partial charge in [0.15, 0.2) is 0 Å². The highest BCUT2D eigenvalue weighted by Gasteiger charge is 2.20. The van der Waals surface area contributed by atoms with Gasteiger partial charge in [0.05, 0.1) is 5.56 Å². The summed E-state index contributed by atoms with van der Waals surface area (Å²) in [5, 5.41) is 6.04. The van der Waals surface area contributed by atoms with Crippen LogP contribution >= 0.6 is 0 Å². The lowest BCUT2D eigenvalue weighted by Crippen LogP contribution is -2.43. The van der Waals surface area contributed by atoms with Gasteiger partial charge in [-0.2, -0.15) is 0 Å². The summed E-state index contributed by atoms with van der Waals surface area (Å²) >= 11 is 0. The summed E-state index contributed by atoms with van der Waals surface area (Å²) in [6.07, 6.45) is 1.60. The topological polar surface area (TPSA) is 74.2 Å². The molecule has 1 N–H and O–H groups in total. The van der Waals surface area contributed by atoms with Gasteiger partial charge >= 0.3 is 0 Å². The maximum absolute atomic E-state index is 12.6. The molecule has 0 radical (unpaired) electrons. The van der Waals surface area contributed by atoms with Gasteiger partial charge in [0.1, 0.15) is 5.69 Å². The molecule has 2 aliphatic heterocycles. The Kier molecular flexibility index (Phi) is 6.12. The predicted octanol–water partition coefficient (Wildman–Crippen LogP) is 1.74. The second-order valence-corrected chi connectivity index (χ2v) is 6.88. The largest absolute Gasteiger partial charge is 0.381 e. The van der Waals surface area contributed by atoms with Crippen molar-refractivity contribution < 1.29 is 9.53 Å². The molecule has 0 spiro atoms. The van der Waals surface area contributed by atoms with Gasteiger partial charge < -0.3 is 15.0 Å². The number of likely N-dealkylation sites (N-methyl/N-ethyl adjacent to an activating group) is 1. The van der Waals surface area contributed by atoms with Gasteiger partial charge in [0, 0.05) is 52.0 Å². The summed E-state index contributed by atoms with van der Waals surface area (Å²) in [6.45, 7) is 6.21. The molecule has 136 valence electrons. The third kappa shape index (κ3) is 4.84. The Balaban J connectivity index is 1.68. The van der Waals surface area contributed by atoms with E-state index < -0.39 is 0 Å². The lowest BCUT2D eigenvalue weighted by atomic mass is 10.0. The summed E-state index contributed by atoms with van der Waals surface area (Å²) in [5.41, 5.74) is 1.61. The Morgan fingerprint density at radius 3 is 2.64 bits per heavy atom. The van der Waals surface area contributed by atoms with Crippen LogP contribution in [0.15, 0.2) is 23.4 Å². The zero-order valence-electron chi connectivity index (χ0n) is 14.7. The molecular weight excluding hydrogens is 320 g/mol. The zero-order chi connectivity index (χ0) is 17.6. The molecule has 0 bridgehead atoms. The minimum absolute atomic E-state index is 0.0991. The molecule has 1 amide bonds. The highest BCUT2D eigenvalue weighted by molar-refractivity contribution is 5.99. The number of hydrogen-bond acceptors (Lipinski definition) is 6. The first-order valence-electron chi connectivity index (χ1n) is 8.91. The molecule has 25 heavy (non-hydrogen) atoms. The summed E-state index contributed by atoms with van der Waals surface area (Å²) in [6, 6.07) is 5.45. The van der Waals surface area contributed by atoms with Gasteiger partial charge in [-0.3, -0.25) is 9.69 Å². The van der Waals surface area contributed by atoms with Crippen molar-refractivity contribution in [3.63, 3.8) is 0 Å². The summed E-state index contributed by atoms with van der Waals surface area (Å²) < 4.78 is 5.31. The maximum Gasteiger partial charge on any atom is 0.253 e. The van der Waals surface area contributed by atoms with E-state index in [1.165, 1.54) is 0 Å². The van der Waals surface area contributed by atoms with Gasteiger partial charge in [0.2, 0.25) is 0 Å². The van der Waals surface area contributed by atoms with Crippen molar-refractivity contribution in [3.8, 4) is 0 Å². The molecule has 0 atom stereocenters. The van der Waals surface area contributed by atoms with Crippen LogP contribution in [-0.4, -0.2) is 68.2 Å². The van der Waals surface area contributed by atoms with Crippen LogP contribution < -0.4 is 5.32 Å². The third-order valence-corrected chi connectivity index (χ3v) is 4.96. The standard InChI is InChI=1S/C18H26N4O3/c1-21-6-8-22(9-7-21)13-14-2-3-17(20-24)16(12-14)18(23)19-15-4-10-25-11-5-15/h2-3,12,15H,4-11,13H2,1H3,(H,19,23). The first kappa shape index (κ1) is 18.0. The number of ether oxygens (including phenoxy) is 1. The van der Waals surface area contributed by atoms with Crippen LogP contribution in [0, 0.1) is 4.91 Å². The molecule has 2 fully saturated rings. The fourth-order valence-corrected chi connectivity index (χ4v) is 3.31. The molecule has 2 aliphatic rings. The number of amides is 1. The second-order valence-electron chi connectivity index (χ2n) is 6.88. The minimum atomic E-state index is -0.221. The van der Waals surface area contributed by atoms with Crippen LogP contribution in [0.1, 0.15) is 28.8 Å². The Hall–Kier alpha value is -1.83. The van der Waals surface area contributed by atoms with Crippen LogP contribution in [0.5, 0.6) is 0 Å². The second kappa shape index (κ2) is 8.51. The summed E-state index contributed by atoms with van der Waals surface area (Å²) in [7, 11) is 2.13. The van der Waals surface area contributed by atoms with E-state index in [2.05, 4.69) is 27.3 Å². The molecule has 0 saturated carbocycles. The lowest BCUT2D eigenvalue weighted by molar-refractivity contribution is 0.0696. The Bertz CT molecular complexity index is 608. The van der Waals surface area contributed by atoms with Crippen molar-refractivity contribution in [1.29, 1.82) is 0 Å². The molecule has 2 heterocycles. The van der Waals surface area contributed by atoms with Gasteiger partial charge in [-0.05, 0) is 42.8 Å². The van der Waals surface area contributed by atoms with E-state index in [9.17, 15) is 9.70 Å². The van der Waals surface area contributed by atoms with Crippen LogP contribution in [0.4, 0.5) is 5.69 Å². The van der Waals surface area contributed by atoms with Crippen molar-refractivity contribution in [1.82, 2.24) is 15.1 Å². The first-order valence-corrected chi connectivity index (χ1v) is 8.91. The number of nitrogens with one attached hydrogen (secondary N) is 1. The Morgan fingerprint density at radius 1 is 1.24 bits per heavy atom. The molecule has 1 aromatic carbocycles. The Labute approximate surface area is 148 Å². The number of rotatable bonds is 5. The van der Waals surface area contributed by atoms with Crippen molar-refractivity contribution in [2.24, 2.45) is 5.18 Å². The monoisotopic (exact) mass is 346 g/mol. The highest BCUT2D eigenvalue weighted by atomic mass is 16.5. The van der Waals surface area contributed by atoms with Crippen LogP contribution in [-0.2, 0) is 11.3 Å². The van der Waals surface area contributed by atoms with Gasteiger partial charge in [0.25, 0.3) is 5.91 Å². The SMILES string of the molecule is CN1CCN(Cc2ccc(N=O)c(C(=O)NC3CCOCC3)c2)CC1. The van der Waals surface area contributed by atoms with Crippen molar-refractivity contribution in [2.75, 3.05) is 46.4 Å². The number of piperazine rings is 1. The molecule has 7 nitrogen and oxygen atoms in total. The normalized spacial score (nSPS) is 20.4. The fraction of sp³-hybridized carbons (Fsp3) is 0.611. The molecule has 7 heteroatoms. The van der Waals surface area contributed by atoms with Crippen LogP contribution in [0.25, 0.3) is 0 Å². The number of carbonyl (C=O) groups excluding carboxylic acids is 1. The van der Waals surface area contributed by atoms with E-state index >= 15 is 0 Å². The summed E-state index contributed by atoms with van der Waals surface area (Å²) in [4.78, 5) is 28.4. The maximum atomic E-state index is 12.6. The van der Waals surface area contributed by atoms with Gasteiger partial charge in [-0.15, -0.1) is 4.91 Å². The molecule has 1 aromatic rings. The molecule has 2 saturated heterocycles. The fourth-order valence-electron chi connectivity index (χ4n) is 3.31. The quantitative estimate of drug-likeness (QED) is 0.822. The average molecular weight is 346 g/mol. The molecule has 0 aromatic heterocycles. The predicted molar refractivity (Wildman–Crippen MR) is 96.0 cm³/mol. The van der Waals surface area contributed by atoms with Crippen molar-refractivity contribution in [3.05, 3.63) is 34.2 Å². The van der Waals surface area contributed by atoms with Crippen molar-refractivity contribution >= 4 is 11.6 Å². The van der Waals surface area contributed by atoms with Crippen LogP contribution in [0.3, 0.4) is 0 Å². The molecule has 0 aliphatic carbocycles. The molecule has 3 rings (SSSR count). The minimum Gasteiger partial charge on any atom is -0.381 e. The smallest absolute Gasteiger partial charge is 0.253 e. The summed E-state index contributed by atoms with van der Waals surface area (Å²) in [5.74, 6) is -0.221. The number of hydrogen-bond donors (Lipinski definition) is 1. The van der Waals surface area contributed by atoms with Crippen molar-refractivity contribution in [2.45, 2.75) is 25.4 Å². The third-order valence-electron chi connectivity index (χ3n) is 4.96. The number of carbonyl (C=O) groups is 1. The average Bonchev–Trinajstić information content (AvgIpc) is 2.64. The molecule has 0 unspecified atom stereocenters. The van der Waals surface area contributed by atoms with E-state index in [1.807, 2.05) is 12.1 Å². The number of nitroso groups, excluding NO2 is 1. The van der Waals surface area contributed by atoms with E-state index in [0.717, 1.165) is 51.1 Å². The number of nitrogens with zero attached hydrogens (tertiary/aromatic N) is 3. The van der Waals surface area contributed by atoms with Gasteiger partial charge in [-0.1, -0.05) is 6.07 Å². The van der Waals surface area contributed by atoms with E-state index in [1.54, 1.807) is 6.07 Å². The van der Waals surface area contributed by atoms with E-state index in [0.29, 0.717) is 18.8 Å². The highest BCUT2D eigenvalue weighted by Crippen LogP contribution is 2.22. The first-order chi connectivity index (χ1) is 12.2. The Morgan fingerprint density at radius 2 is 1.96 bits per heavy atom. The lowest BCUT2D eigenvalue weighted by Gasteiger charge is -2.32. The van der Waals surface area contributed by atoms with E-state index in [-0.39, 0.29) is 17.6 Å². The van der Waals surface area contributed by atoms with Crippen LogP contribution in [0.2, 0.25) is 0 Å². The van der Waals surface area contributed by atoms with Gasteiger partial charge in [-0.25, -0.2) is 0 Å². The van der Waals surface area contributed by atoms with E-state index in [4.69, 9.17) is 4.74 Å².